The molecule has 0 spiro atoms. The lowest BCUT2D eigenvalue weighted by Gasteiger charge is -2.26. The van der Waals surface area contributed by atoms with Gasteiger partial charge in [-0.25, -0.2) is 0 Å². The third-order valence-electron chi connectivity index (χ3n) is 4.51. The number of aliphatic hydroxyl groups is 1. The molecule has 2 aromatic rings. The van der Waals surface area contributed by atoms with Gasteiger partial charge in [0.25, 0.3) is 0 Å². The van der Waals surface area contributed by atoms with Crippen molar-refractivity contribution < 1.29 is 9.84 Å². The monoisotopic (exact) mass is 345 g/mol. The van der Waals surface area contributed by atoms with Crippen molar-refractivity contribution in [2.75, 3.05) is 13.2 Å². The van der Waals surface area contributed by atoms with Crippen LogP contribution in [-0.2, 0) is 0 Å². The molecule has 0 amide bonds. The van der Waals surface area contributed by atoms with E-state index in [0.717, 1.165) is 37.0 Å². The van der Waals surface area contributed by atoms with Gasteiger partial charge in [0.1, 0.15) is 5.75 Å². The van der Waals surface area contributed by atoms with Crippen LogP contribution >= 0.6 is 11.6 Å². The zero-order valence-corrected chi connectivity index (χ0v) is 14.5. The number of halogens is 1. The standard InChI is InChI=1S/C20H24ClNO2/c21-17-10-4-9-16-19(12-6-14-24-20(16)17)22-18(11-5-13-23)15-7-2-1-3-8-15/h1-4,7-10,18-19,22-23H,5-6,11-14H2. The minimum Gasteiger partial charge on any atom is -0.492 e. The molecule has 1 heterocycles. The molecular weight excluding hydrogens is 322 g/mol. The molecular formula is C20H24ClNO2. The Balaban J connectivity index is 1.85. The van der Waals surface area contributed by atoms with E-state index in [0.29, 0.717) is 11.6 Å². The Labute approximate surface area is 148 Å². The summed E-state index contributed by atoms with van der Waals surface area (Å²) in [4.78, 5) is 0. The highest BCUT2D eigenvalue weighted by Gasteiger charge is 2.24. The van der Waals surface area contributed by atoms with Gasteiger partial charge in [-0.1, -0.05) is 54.1 Å². The third-order valence-corrected chi connectivity index (χ3v) is 4.81. The second-order valence-electron chi connectivity index (χ2n) is 6.20. The van der Waals surface area contributed by atoms with Gasteiger partial charge in [-0.05, 0) is 37.3 Å². The lowest BCUT2D eigenvalue weighted by Crippen LogP contribution is -2.26. The molecule has 0 saturated carbocycles. The van der Waals surface area contributed by atoms with Gasteiger partial charge >= 0.3 is 0 Å². The van der Waals surface area contributed by atoms with E-state index in [4.69, 9.17) is 16.3 Å². The first kappa shape index (κ1) is 17.3. The first-order chi connectivity index (χ1) is 11.8. The number of nitrogens with one attached hydrogen (secondary N) is 1. The molecule has 0 fully saturated rings. The number of hydrogen-bond acceptors (Lipinski definition) is 3. The summed E-state index contributed by atoms with van der Waals surface area (Å²) in [6, 6.07) is 16.8. The van der Waals surface area contributed by atoms with Crippen LogP contribution in [0.25, 0.3) is 0 Å². The van der Waals surface area contributed by atoms with E-state index in [1.165, 1.54) is 5.56 Å². The van der Waals surface area contributed by atoms with E-state index in [9.17, 15) is 5.11 Å². The molecule has 128 valence electrons. The van der Waals surface area contributed by atoms with Crippen molar-refractivity contribution in [1.29, 1.82) is 0 Å². The summed E-state index contributed by atoms with van der Waals surface area (Å²) in [5.74, 6) is 0.808. The van der Waals surface area contributed by atoms with E-state index < -0.39 is 0 Å². The van der Waals surface area contributed by atoms with Crippen LogP contribution in [0.5, 0.6) is 5.75 Å². The van der Waals surface area contributed by atoms with Gasteiger partial charge in [0, 0.05) is 24.3 Å². The minimum atomic E-state index is 0.199. The first-order valence-electron chi connectivity index (χ1n) is 8.62. The predicted molar refractivity (Wildman–Crippen MR) is 97.6 cm³/mol. The molecule has 0 aliphatic carbocycles. The maximum atomic E-state index is 9.24. The van der Waals surface area contributed by atoms with Crippen molar-refractivity contribution in [3.63, 3.8) is 0 Å². The van der Waals surface area contributed by atoms with Crippen molar-refractivity contribution in [1.82, 2.24) is 5.32 Å². The Morgan fingerprint density at radius 1 is 1.17 bits per heavy atom. The lowest BCUT2D eigenvalue weighted by molar-refractivity contribution is 0.270. The normalized spacial score (nSPS) is 18.3. The van der Waals surface area contributed by atoms with E-state index in [1.807, 2.05) is 18.2 Å². The summed E-state index contributed by atoms with van der Waals surface area (Å²) in [7, 11) is 0. The smallest absolute Gasteiger partial charge is 0.142 e. The Hall–Kier alpha value is -1.55. The van der Waals surface area contributed by atoms with Crippen LogP contribution in [0.1, 0.15) is 48.9 Å². The molecule has 3 rings (SSSR count). The molecule has 0 radical (unpaired) electrons. The van der Waals surface area contributed by atoms with Gasteiger partial charge in [0.05, 0.1) is 11.6 Å². The summed E-state index contributed by atoms with van der Waals surface area (Å²) >= 11 is 6.33. The average Bonchev–Trinajstić information content (AvgIpc) is 2.83. The van der Waals surface area contributed by atoms with Crippen LogP contribution in [0.4, 0.5) is 0 Å². The first-order valence-corrected chi connectivity index (χ1v) is 9.00. The zero-order valence-electron chi connectivity index (χ0n) is 13.7. The Bertz CT molecular complexity index is 647. The molecule has 3 nitrogen and oxygen atoms in total. The van der Waals surface area contributed by atoms with Gasteiger partial charge in [-0.2, -0.15) is 0 Å². The maximum absolute atomic E-state index is 9.24. The van der Waals surface area contributed by atoms with E-state index in [1.54, 1.807) is 0 Å². The van der Waals surface area contributed by atoms with Gasteiger partial charge in [0.2, 0.25) is 0 Å². The molecule has 2 N–H and O–H groups in total. The molecule has 0 saturated heterocycles. The maximum Gasteiger partial charge on any atom is 0.142 e. The quantitative estimate of drug-likeness (QED) is 0.800. The number of aliphatic hydroxyl groups excluding tert-OH is 1. The van der Waals surface area contributed by atoms with E-state index in [-0.39, 0.29) is 18.7 Å². The largest absolute Gasteiger partial charge is 0.492 e. The fourth-order valence-electron chi connectivity index (χ4n) is 3.31. The number of ether oxygens (including phenoxy) is 1. The van der Waals surface area contributed by atoms with Crippen molar-refractivity contribution >= 4 is 11.6 Å². The predicted octanol–water partition coefficient (Wildman–Crippen LogP) is 4.66. The van der Waals surface area contributed by atoms with Crippen molar-refractivity contribution in [3.05, 3.63) is 64.7 Å². The molecule has 1 aliphatic rings. The highest BCUT2D eigenvalue weighted by atomic mass is 35.5. The highest BCUT2D eigenvalue weighted by Crippen LogP contribution is 2.38. The molecule has 0 bridgehead atoms. The van der Waals surface area contributed by atoms with Gasteiger partial charge in [0.15, 0.2) is 0 Å². The van der Waals surface area contributed by atoms with Crippen LogP contribution in [-0.4, -0.2) is 18.3 Å². The van der Waals surface area contributed by atoms with Crippen LogP contribution in [0.2, 0.25) is 5.02 Å². The molecule has 2 aromatic carbocycles. The number of benzene rings is 2. The fourth-order valence-corrected chi connectivity index (χ4v) is 3.55. The van der Waals surface area contributed by atoms with Crippen molar-refractivity contribution in [2.24, 2.45) is 0 Å². The molecule has 2 unspecified atom stereocenters. The van der Waals surface area contributed by atoms with E-state index >= 15 is 0 Å². The molecule has 4 heteroatoms. The molecule has 24 heavy (non-hydrogen) atoms. The molecule has 2 atom stereocenters. The van der Waals surface area contributed by atoms with Crippen LogP contribution in [0, 0.1) is 0 Å². The Morgan fingerprint density at radius 2 is 2.00 bits per heavy atom. The highest BCUT2D eigenvalue weighted by molar-refractivity contribution is 6.32. The average molecular weight is 346 g/mol. The molecule has 0 aromatic heterocycles. The minimum absolute atomic E-state index is 0.199. The fraction of sp³-hybridized carbons (Fsp3) is 0.400. The van der Waals surface area contributed by atoms with Crippen LogP contribution in [0.3, 0.4) is 0 Å². The van der Waals surface area contributed by atoms with E-state index in [2.05, 4.69) is 35.6 Å². The van der Waals surface area contributed by atoms with Crippen molar-refractivity contribution in [3.8, 4) is 5.75 Å². The summed E-state index contributed by atoms with van der Waals surface area (Å²) in [6.07, 6.45) is 3.67. The van der Waals surface area contributed by atoms with Crippen molar-refractivity contribution in [2.45, 2.75) is 37.8 Å². The second kappa shape index (κ2) is 8.52. The van der Waals surface area contributed by atoms with Gasteiger partial charge < -0.3 is 15.2 Å². The summed E-state index contributed by atoms with van der Waals surface area (Å²) < 4.78 is 5.87. The van der Waals surface area contributed by atoms with Crippen LogP contribution in [0.15, 0.2) is 48.5 Å². The number of hydrogen-bond donors (Lipinski definition) is 2. The molecule has 1 aliphatic heterocycles. The van der Waals surface area contributed by atoms with Gasteiger partial charge in [-0.15, -0.1) is 0 Å². The zero-order chi connectivity index (χ0) is 16.8. The Kier molecular flexibility index (Phi) is 6.13. The number of fused-ring (bicyclic) bond motifs is 1. The lowest BCUT2D eigenvalue weighted by atomic mass is 9.96. The third kappa shape index (κ3) is 4.10. The SMILES string of the molecule is OCCCC(NC1CCCOc2c(Cl)cccc21)c1ccccc1. The number of para-hydroxylation sites is 1. The Morgan fingerprint density at radius 3 is 2.79 bits per heavy atom. The van der Waals surface area contributed by atoms with Crippen LogP contribution < -0.4 is 10.1 Å². The van der Waals surface area contributed by atoms with Gasteiger partial charge in [-0.3, -0.25) is 0 Å². The summed E-state index contributed by atoms with van der Waals surface area (Å²) in [5.41, 5.74) is 2.38. The topological polar surface area (TPSA) is 41.5 Å². The summed E-state index contributed by atoms with van der Waals surface area (Å²) in [5, 5.41) is 13.7. The second-order valence-corrected chi connectivity index (χ2v) is 6.60. The summed E-state index contributed by atoms with van der Waals surface area (Å²) in [6.45, 7) is 0.906. The number of rotatable bonds is 6.